The Morgan fingerprint density at radius 3 is 2.41 bits per heavy atom. The Bertz CT molecular complexity index is 427. The minimum atomic E-state index is -0.837. The maximum absolute atomic E-state index is 12.0. The van der Waals surface area contributed by atoms with Gasteiger partial charge in [-0.3, -0.25) is 9.69 Å². The molecule has 0 unspecified atom stereocenters. The Morgan fingerprint density at radius 1 is 1.29 bits per heavy atom. The highest BCUT2D eigenvalue weighted by molar-refractivity contribution is 5.92. The summed E-state index contributed by atoms with van der Waals surface area (Å²) in [6, 6.07) is 9.11. The maximum Gasteiger partial charge on any atom is 0.324 e. The molecule has 0 spiro atoms. The number of aliphatic carboxylic acids is 1. The number of likely N-dealkylation sites (tertiary alicyclic amines) is 1. The number of carbonyl (C=O) groups is 2. The van der Waals surface area contributed by atoms with E-state index in [0.717, 1.165) is 5.69 Å². The largest absolute Gasteiger partial charge is 0.481 e. The summed E-state index contributed by atoms with van der Waals surface area (Å²) in [5.74, 6) is -1.25. The Labute approximate surface area is 99.3 Å². The number of hydrogen-bond acceptors (Lipinski definition) is 2. The Kier molecular flexibility index (Phi) is 2.99. The third kappa shape index (κ3) is 2.22. The number of para-hydroxylation sites is 1. The molecule has 5 heteroatoms. The van der Waals surface area contributed by atoms with Gasteiger partial charge in [0, 0.05) is 25.8 Å². The molecule has 1 aromatic carbocycles. The van der Waals surface area contributed by atoms with Gasteiger partial charge in [0.1, 0.15) is 0 Å². The highest BCUT2D eigenvalue weighted by atomic mass is 16.4. The smallest absolute Gasteiger partial charge is 0.324 e. The van der Waals surface area contributed by atoms with Crippen molar-refractivity contribution in [2.45, 2.75) is 0 Å². The molecule has 1 fully saturated rings. The first kappa shape index (κ1) is 11.4. The van der Waals surface area contributed by atoms with Crippen LogP contribution >= 0.6 is 0 Å². The number of rotatable bonds is 2. The molecule has 0 atom stereocenters. The molecule has 1 heterocycles. The molecule has 5 nitrogen and oxygen atoms in total. The third-order valence-corrected chi connectivity index (χ3v) is 2.93. The second kappa shape index (κ2) is 4.45. The van der Waals surface area contributed by atoms with Crippen LogP contribution in [-0.4, -0.2) is 42.1 Å². The fourth-order valence-corrected chi connectivity index (χ4v) is 1.77. The molecule has 0 saturated carbocycles. The minimum absolute atomic E-state index is 0.159. The molecule has 0 radical (unpaired) electrons. The van der Waals surface area contributed by atoms with E-state index in [-0.39, 0.29) is 6.03 Å². The van der Waals surface area contributed by atoms with Crippen molar-refractivity contribution in [2.24, 2.45) is 5.92 Å². The third-order valence-electron chi connectivity index (χ3n) is 2.93. The molecule has 2 rings (SSSR count). The van der Waals surface area contributed by atoms with Gasteiger partial charge in [0.05, 0.1) is 5.92 Å². The molecule has 1 aliphatic heterocycles. The van der Waals surface area contributed by atoms with E-state index in [2.05, 4.69) is 0 Å². The molecule has 1 saturated heterocycles. The van der Waals surface area contributed by atoms with Crippen LogP contribution in [0.3, 0.4) is 0 Å². The predicted molar refractivity (Wildman–Crippen MR) is 62.9 cm³/mol. The number of carbonyl (C=O) groups excluding carboxylic acids is 1. The zero-order chi connectivity index (χ0) is 12.4. The number of anilines is 1. The number of hydrogen-bond donors (Lipinski definition) is 1. The van der Waals surface area contributed by atoms with Gasteiger partial charge in [-0.05, 0) is 12.1 Å². The monoisotopic (exact) mass is 234 g/mol. The van der Waals surface area contributed by atoms with Gasteiger partial charge in [-0.1, -0.05) is 18.2 Å². The van der Waals surface area contributed by atoms with Crippen LogP contribution in [0.2, 0.25) is 0 Å². The molecular weight excluding hydrogens is 220 g/mol. The van der Waals surface area contributed by atoms with Crippen LogP contribution in [0.5, 0.6) is 0 Å². The zero-order valence-electron chi connectivity index (χ0n) is 9.54. The van der Waals surface area contributed by atoms with Gasteiger partial charge in [0.15, 0.2) is 0 Å². The number of carboxylic acid groups (broad SMARTS) is 1. The lowest BCUT2D eigenvalue weighted by Crippen LogP contribution is -2.56. The van der Waals surface area contributed by atoms with Crippen LogP contribution < -0.4 is 4.90 Å². The predicted octanol–water partition coefficient (Wildman–Crippen LogP) is 1.26. The van der Waals surface area contributed by atoms with E-state index in [1.165, 1.54) is 9.80 Å². The molecule has 0 bridgehead atoms. The summed E-state index contributed by atoms with van der Waals surface area (Å²) in [4.78, 5) is 25.7. The summed E-state index contributed by atoms with van der Waals surface area (Å²) in [6.45, 7) is 0.594. The minimum Gasteiger partial charge on any atom is -0.481 e. The fraction of sp³-hybridized carbons (Fsp3) is 0.333. The summed E-state index contributed by atoms with van der Waals surface area (Å²) in [5, 5.41) is 8.74. The van der Waals surface area contributed by atoms with E-state index in [4.69, 9.17) is 5.11 Å². The lowest BCUT2D eigenvalue weighted by Gasteiger charge is -2.38. The average molecular weight is 234 g/mol. The number of urea groups is 1. The highest BCUT2D eigenvalue weighted by Gasteiger charge is 2.36. The molecule has 1 aliphatic rings. The number of benzene rings is 1. The number of amides is 2. The fourth-order valence-electron chi connectivity index (χ4n) is 1.77. The van der Waals surface area contributed by atoms with Gasteiger partial charge >= 0.3 is 12.0 Å². The molecule has 17 heavy (non-hydrogen) atoms. The standard InChI is InChI=1S/C12H14N2O3/c1-13(10-5-3-2-4-6-10)12(17)14-7-9(8-14)11(15)16/h2-6,9H,7-8H2,1H3,(H,15,16). The lowest BCUT2D eigenvalue weighted by atomic mass is 10.0. The Hall–Kier alpha value is -2.04. The van der Waals surface area contributed by atoms with Crippen LogP contribution in [0.4, 0.5) is 10.5 Å². The van der Waals surface area contributed by atoms with Crippen molar-refractivity contribution in [1.29, 1.82) is 0 Å². The summed E-state index contributed by atoms with van der Waals surface area (Å²) < 4.78 is 0. The van der Waals surface area contributed by atoms with E-state index >= 15 is 0 Å². The van der Waals surface area contributed by atoms with Crippen molar-refractivity contribution < 1.29 is 14.7 Å². The lowest BCUT2D eigenvalue weighted by molar-refractivity contribution is -0.145. The van der Waals surface area contributed by atoms with Crippen molar-refractivity contribution in [2.75, 3.05) is 25.0 Å². The first-order chi connectivity index (χ1) is 8.09. The molecule has 1 aromatic rings. The van der Waals surface area contributed by atoms with Gasteiger partial charge in [0.25, 0.3) is 0 Å². The second-order valence-electron chi connectivity index (χ2n) is 4.12. The first-order valence-electron chi connectivity index (χ1n) is 5.40. The molecule has 0 aromatic heterocycles. The number of nitrogens with zero attached hydrogens (tertiary/aromatic N) is 2. The topological polar surface area (TPSA) is 60.9 Å². The second-order valence-corrected chi connectivity index (χ2v) is 4.12. The van der Waals surface area contributed by atoms with E-state index in [1.54, 1.807) is 7.05 Å². The van der Waals surface area contributed by atoms with Crippen LogP contribution in [0.25, 0.3) is 0 Å². The van der Waals surface area contributed by atoms with Crippen LogP contribution in [0.15, 0.2) is 30.3 Å². The van der Waals surface area contributed by atoms with Crippen LogP contribution in [0.1, 0.15) is 0 Å². The van der Waals surface area contributed by atoms with Gasteiger partial charge in [-0.15, -0.1) is 0 Å². The molecule has 0 aliphatic carbocycles. The van der Waals surface area contributed by atoms with Gasteiger partial charge in [-0.2, -0.15) is 0 Å². The van der Waals surface area contributed by atoms with Gasteiger partial charge < -0.3 is 10.0 Å². The molecular formula is C12H14N2O3. The molecule has 1 N–H and O–H groups in total. The number of carboxylic acids is 1. The van der Waals surface area contributed by atoms with E-state index in [1.807, 2.05) is 30.3 Å². The van der Waals surface area contributed by atoms with Crippen molar-refractivity contribution in [3.8, 4) is 0 Å². The van der Waals surface area contributed by atoms with E-state index in [0.29, 0.717) is 13.1 Å². The maximum atomic E-state index is 12.0. The summed E-state index contributed by atoms with van der Waals surface area (Å²) >= 11 is 0. The van der Waals surface area contributed by atoms with Crippen molar-refractivity contribution >= 4 is 17.7 Å². The molecule has 2 amide bonds. The van der Waals surface area contributed by atoms with Crippen molar-refractivity contribution in [1.82, 2.24) is 4.90 Å². The van der Waals surface area contributed by atoms with Crippen molar-refractivity contribution in [3.63, 3.8) is 0 Å². The summed E-state index contributed by atoms with van der Waals surface area (Å²) in [7, 11) is 1.69. The SMILES string of the molecule is CN(C(=O)N1CC(C(=O)O)C1)c1ccccc1. The first-order valence-corrected chi connectivity index (χ1v) is 5.40. The van der Waals surface area contributed by atoms with Crippen LogP contribution in [-0.2, 0) is 4.79 Å². The van der Waals surface area contributed by atoms with Gasteiger partial charge in [0.2, 0.25) is 0 Å². The van der Waals surface area contributed by atoms with Gasteiger partial charge in [-0.25, -0.2) is 4.79 Å². The zero-order valence-corrected chi connectivity index (χ0v) is 9.54. The quantitative estimate of drug-likeness (QED) is 0.838. The molecule has 90 valence electrons. The Balaban J connectivity index is 1.96. The summed E-state index contributed by atoms with van der Waals surface area (Å²) in [6.07, 6.45) is 0. The van der Waals surface area contributed by atoms with E-state index in [9.17, 15) is 9.59 Å². The highest BCUT2D eigenvalue weighted by Crippen LogP contribution is 2.20. The van der Waals surface area contributed by atoms with Crippen LogP contribution in [0, 0.1) is 5.92 Å². The summed E-state index contributed by atoms with van der Waals surface area (Å²) in [5.41, 5.74) is 0.802. The average Bonchev–Trinajstić information content (AvgIpc) is 2.26. The van der Waals surface area contributed by atoms with E-state index < -0.39 is 11.9 Å². The normalized spacial score (nSPS) is 15.2. The Morgan fingerprint density at radius 2 is 1.88 bits per heavy atom. The van der Waals surface area contributed by atoms with Crippen molar-refractivity contribution in [3.05, 3.63) is 30.3 Å².